The first-order valence-corrected chi connectivity index (χ1v) is 9.55. The van der Waals surface area contributed by atoms with E-state index in [-0.39, 0.29) is 30.2 Å². The first-order valence-electron chi connectivity index (χ1n) is 8.73. The summed E-state index contributed by atoms with van der Waals surface area (Å²) in [4.78, 5) is 47.9. The average Bonchev–Trinajstić information content (AvgIpc) is 3.15. The van der Waals surface area contributed by atoms with E-state index >= 15 is 0 Å². The number of carbonyl (C=O) groups is 3. The second kappa shape index (κ2) is 7.03. The summed E-state index contributed by atoms with van der Waals surface area (Å²) in [6, 6.07) is 5.60. The van der Waals surface area contributed by atoms with Gasteiger partial charge in [-0.3, -0.25) is 24.3 Å². The van der Waals surface area contributed by atoms with E-state index in [9.17, 15) is 14.4 Å². The highest BCUT2D eigenvalue weighted by molar-refractivity contribution is 7.19. The van der Waals surface area contributed by atoms with Gasteiger partial charge in [0.05, 0.1) is 28.1 Å². The molecule has 27 heavy (non-hydrogen) atoms. The van der Waals surface area contributed by atoms with E-state index in [1.165, 1.54) is 11.3 Å². The molecule has 1 aliphatic carbocycles. The summed E-state index contributed by atoms with van der Waals surface area (Å²) in [6.45, 7) is 1.57. The second-order valence-corrected chi connectivity index (χ2v) is 7.61. The third kappa shape index (κ3) is 3.28. The fraction of sp³-hybridized carbons (Fsp3) is 0.316. The zero-order valence-corrected chi connectivity index (χ0v) is 15.5. The molecule has 2 aliphatic rings. The van der Waals surface area contributed by atoms with Gasteiger partial charge in [0.1, 0.15) is 6.54 Å². The Kier molecular flexibility index (Phi) is 4.57. The zero-order chi connectivity index (χ0) is 19.0. The topological polar surface area (TPSA) is 92.3 Å². The molecule has 2 atom stereocenters. The summed E-state index contributed by atoms with van der Waals surface area (Å²) in [5, 5.41) is 3.13. The molecule has 2 aromatic rings. The Balaban J connectivity index is 1.45. The highest BCUT2D eigenvalue weighted by atomic mass is 32.1. The molecule has 0 bridgehead atoms. The summed E-state index contributed by atoms with van der Waals surface area (Å²) >= 11 is 1.32. The van der Waals surface area contributed by atoms with Gasteiger partial charge in [0.2, 0.25) is 17.7 Å². The van der Waals surface area contributed by atoms with Crippen LogP contribution in [0.4, 0.5) is 5.13 Å². The molecular formula is C19H18N4O3S. The number of carbonyl (C=O) groups excluding carboxylic acids is 3. The van der Waals surface area contributed by atoms with E-state index in [1.54, 1.807) is 6.20 Å². The quantitative estimate of drug-likeness (QED) is 0.648. The molecule has 2 unspecified atom stereocenters. The summed E-state index contributed by atoms with van der Waals surface area (Å²) < 4.78 is 0. The van der Waals surface area contributed by atoms with Gasteiger partial charge in [-0.25, -0.2) is 4.98 Å². The highest BCUT2D eigenvalue weighted by Gasteiger charge is 2.47. The van der Waals surface area contributed by atoms with E-state index in [2.05, 4.69) is 15.3 Å². The molecule has 4 rings (SSSR count). The van der Waals surface area contributed by atoms with Crippen LogP contribution in [0.25, 0.3) is 10.6 Å². The molecule has 7 nitrogen and oxygen atoms in total. The van der Waals surface area contributed by atoms with Crippen molar-refractivity contribution in [3.63, 3.8) is 0 Å². The number of aromatic nitrogens is 2. The zero-order valence-electron chi connectivity index (χ0n) is 14.7. The molecule has 1 fully saturated rings. The molecule has 138 valence electrons. The summed E-state index contributed by atoms with van der Waals surface area (Å²) in [7, 11) is 0. The predicted molar refractivity (Wildman–Crippen MR) is 101 cm³/mol. The van der Waals surface area contributed by atoms with Crippen LogP contribution in [0.5, 0.6) is 0 Å². The van der Waals surface area contributed by atoms with Crippen molar-refractivity contribution in [3.8, 4) is 10.6 Å². The summed E-state index contributed by atoms with van der Waals surface area (Å²) in [6.07, 6.45) is 6.67. The minimum atomic E-state index is -0.426. The van der Waals surface area contributed by atoms with Crippen LogP contribution in [0, 0.1) is 18.8 Å². The van der Waals surface area contributed by atoms with Gasteiger partial charge < -0.3 is 5.32 Å². The van der Waals surface area contributed by atoms with Crippen molar-refractivity contribution in [2.45, 2.75) is 19.8 Å². The molecule has 8 heteroatoms. The van der Waals surface area contributed by atoms with Crippen LogP contribution in [-0.4, -0.2) is 39.1 Å². The molecule has 2 aromatic heterocycles. The lowest BCUT2D eigenvalue weighted by atomic mass is 9.85. The van der Waals surface area contributed by atoms with Crippen LogP contribution >= 0.6 is 11.3 Å². The maximum atomic E-state index is 12.5. The van der Waals surface area contributed by atoms with E-state index in [1.807, 2.05) is 37.3 Å². The van der Waals surface area contributed by atoms with Gasteiger partial charge in [-0.15, -0.1) is 0 Å². The maximum Gasteiger partial charge on any atom is 0.246 e. The standard InChI is InChI=1S/C19H18N4O3S/c1-11-16(14-8-4-5-9-20-14)27-19(21-11)22-15(24)10-23-17(25)12-6-2-3-7-13(12)18(23)26/h2-5,8-9,12-13H,6-7,10H2,1H3,(H,21,22,24). The molecule has 3 amide bonds. The number of aryl methyl sites for hydroxylation is 1. The van der Waals surface area contributed by atoms with Gasteiger partial charge in [-0.05, 0) is 31.9 Å². The number of hydrogen-bond donors (Lipinski definition) is 1. The molecular weight excluding hydrogens is 364 g/mol. The molecule has 0 radical (unpaired) electrons. The number of likely N-dealkylation sites (tertiary alicyclic amines) is 1. The van der Waals surface area contributed by atoms with Crippen molar-refractivity contribution < 1.29 is 14.4 Å². The van der Waals surface area contributed by atoms with Crippen molar-refractivity contribution >= 4 is 34.2 Å². The number of imide groups is 1. The smallest absolute Gasteiger partial charge is 0.246 e. The van der Waals surface area contributed by atoms with Gasteiger partial charge in [0.15, 0.2) is 5.13 Å². The Morgan fingerprint density at radius 2 is 1.93 bits per heavy atom. The molecule has 0 aromatic carbocycles. The second-order valence-electron chi connectivity index (χ2n) is 6.62. The van der Waals surface area contributed by atoms with E-state index in [0.29, 0.717) is 18.0 Å². The Hall–Kier alpha value is -2.87. The third-order valence-electron chi connectivity index (χ3n) is 4.84. The Labute approximate surface area is 160 Å². The number of pyridine rings is 1. The molecule has 3 heterocycles. The summed E-state index contributed by atoms with van der Waals surface area (Å²) in [5.74, 6) is -1.59. The van der Waals surface area contributed by atoms with Crippen LogP contribution in [0.3, 0.4) is 0 Å². The third-order valence-corrected chi connectivity index (χ3v) is 5.94. The number of thiazole rings is 1. The highest BCUT2D eigenvalue weighted by Crippen LogP contribution is 2.35. The SMILES string of the molecule is Cc1nc(NC(=O)CN2C(=O)C3CC=CCC3C2=O)sc1-c1ccccn1. The van der Waals surface area contributed by atoms with Crippen molar-refractivity contribution in [3.05, 3.63) is 42.2 Å². The lowest BCUT2D eigenvalue weighted by molar-refractivity contribution is -0.142. The van der Waals surface area contributed by atoms with Gasteiger partial charge in [0.25, 0.3) is 0 Å². The van der Waals surface area contributed by atoms with Gasteiger partial charge in [0, 0.05) is 6.20 Å². The number of fused-ring (bicyclic) bond motifs is 1. The monoisotopic (exact) mass is 382 g/mol. The largest absolute Gasteiger partial charge is 0.300 e. The molecule has 1 saturated heterocycles. The Morgan fingerprint density at radius 3 is 2.56 bits per heavy atom. The Morgan fingerprint density at radius 1 is 1.22 bits per heavy atom. The van der Waals surface area contributed by atoms with Gasteiger partial charge in [-0.2, -0.15) is 0 Å². The fourth-order valence-electron chi connectivity index (χ4n) is 3.51. The van der Waals surface area contributed by atoms with E-state index in [0.717, 1.165) is 21.2 Å². The molecule has 1 aliphatic heterocycles. The lowest BCUT2D eigenvalue weighted by Gasteiger charge is -2.14. The van der Waals surface area contributed by atoms with Crippen LogP contribution < -0.4 is 5.32 Å². The van der Waals surface area contributed by atoms with Crippen LogP contribution in [0.15, 0.2) is 36.5 Å². The van der Waals surface area contributed by atoms with Crippen molar-refractivity contribution in [1.29, 1.82) is 0 Å². The fourth-order valence-corrected chi connectivity index (χ4v) is 4.47. The number of allylic oxidation sites excluding steroid dienone is 2. The average molecular weight is 382 g/mol. The summed E-state index contributed by atoms with van der Waals surface area (Å²) in [5.41, 5.74) is 1.55. The van der Waals surface area contributed by atoms with Crippen LogP contribution in [0.1, 0.15) is 18.5 Å². The first-order chi connectivity index (χ1) is 13.0. The number of anilines is 1. The van der Waals surface area contributed by atoms with Crippen molar-refractivity contribution in [1.82, 2.24) is 14.9 Å². The minimum absolute atomic E-state index is 0.256. The van der Waals surface area contributed by atoms with E-state index < -0.39 is 5.91 Å². The van der Waals surface area contributed by atoms with Crippen molar-refractivity contribution in [2.24, 2.45) is 11.8 Å². The van der Waals surface area contributed by atoms with Crippen molar-refractivity contribution in [2.75, 3.05) is 11.9 Å². The Bertz CT molecular complexity index is 912. The number of hydrogen-bond acceptors (Lipinski definition) is 6. The van der Waals surface area contributed by atoms with Gasteiger partial charge in [-0.1, -0.05) is 29.6 Å². The maximum absolute atomic E-state index is 12.5. The minimum Gasteiger partial charge on any atom is -0.300 e. The van der Waals surface area contributed by atoms with E-state index in [4.69, 9.17) is 0 Å². The first kappa shape index (κ1) is 17.5. The predicted octanol–water partition coefficient (Wildman–Crippen LogP) is 2.40. The van der Waals surface area contributed by atoms with Gasteiger partial charge >= 0.3 is 0 Å². The normalized spacial score (nSPS) is 21.4. The number of nitrogens with one attached hydrogen (secondary N) is 1. The molecule has 0 saturated carbocycles. The number of amides is 3. The molecule has 0 spiro atoms. The van der Waals surface area contributed by atoms with Crippen LogP contribution in [0.2, 0.25) is 0 Å². The number of nitrogens with zero attached hydrogens (tertiary/aromatic N) is 3. The lowest BCUT2D eigenvalue weighted by Crippen LogP contribution is -2.38. The number of rotatable bonds is 4. The van der Waals surface area contributed by atoms with Crippen LogP contribution in [-0.2, 0) is 14.4 Å². The molecule has 1 N–H and O–H groups in total.